The molecule has 0 radical (unpaired) electrons. The van der Waals surface area contributed by atoms with Crippen LogP contribution in [0.2, 0.25) is 5.02 Å². The normalized spacial score (nSPS) is 16.3. The number of aromatic amines is 1. The first kappa shape index (κ1) is 25.5. The van der Waals surface area contributed by atoms with E-state index < -0.39 is 6.04 Å². The largest absolute Gasteiger partial charge is 0.468 e. The minimum absolute atomic E-state index is 0.0280. The summed E-state index contributed by atoms with van der Waals surface area (Å²) in [4.78, 5) is 18.9. The van der Waals surface area contributed by atoms with Gasteiger partial charge in [-0.25, -0.2) is 4.68 Å². The Labute approximate surface area is 230 Å². The highest BCUT2D eigenvalue weighted by Crippen LogP contribution is 2.31. The first-order chi connectivity index (χ1) is 19.0. The lowest BCUT2D eigenvalue weighted by Gasteiger charge is -2.30. The minimum atomic E-state index is -0.573. The standard InChI is InChI=1S/C29H29ClN6O3/c1-19-6-11-26-21(14-19)15-25(29(37)31-26)27(28-32-33-34-36(28)18-24-5-3-13-39-24)35(17-23-4-2-12-38-23)16-20-7-9-22(30)10-8-20/h2,4,6-12,14-15,24,27H,3,5,13,16-18H2,1H3,(H,31,37)/t24-,27-/m1/s1. The predicted octanol–water partition coefficient (Wildman–Crippen LogP) is 5.04. The molecule has 0 aliphatic carbocycles. The van der Waals surface area contributed by atoms with Gasteiger partial charge in [0.15, 0.2) is 5.82 Å². The van der Waals surface area contributed by atoms with Crippen LogP contribution in [0.15, 0.2) is 76.1 Å². The van der Waals surface area contributed by atoms with Gasteiger partial charge in [-0.3, -0.25) is 9.69 Å². The van der Waals surface area contributed by atoms with Gasteiger partial charge in [-0.2, -0.15) is 0 Å². The third kappa shape index (κ3) is 5.66. The van der Waals surface area contributed by atoms with Crippen molar-refractivity contribution in [1.82, 2.24) is 30.1 Å². The molecule has 1 saturated heterocycles. The zero-order valence-corrected chi connectivity index (χ0v) is 22.3. The van der Waals surface area contributed by atoms with E-state index in [-0.39, 0.29) is 11.7 Å². The topological polar surface area (TPSA) is 102 Å². The average molecular weight is 545 g/mol. The van der Waals surface area contributed by atoms with Crippen molar-refractivity contribution in [1.29, 1.82) is 0 Å². The number of hydrogen-bond acceptors (Lipinski definition) is 7. The van der Waals surface area contributed by atoms with Crippen LogP contribution < -0.4 is 5.56 Å². The molecule has 3 aromatic heterocycles. The third-order valence-corrected chi connectivity index (χ3v) is 7.38. The Bertz CT molecular complexity index is 1610. The Balaban J connectivity index is 1.50. The third-order valence-electron chi connectivity index (χ3n) is 7.13. The van der Waals surface area contributed by atoms with E-state index in [2.05, 4.69) is 31.5 Å². The highest BCUT2D eigenvalue weighted by Gasteiger charge is 2.32. The molecule has 1 fully saturated rings. The van der Waals surface area contributed by atoms with Gasteiger partial charge >= 0.3 is 0 Å². The van der Waals surface area contributed by atoms with Crippen molar-refractivity contribution in [2.45, 2.75) is 51.5 Å². The van der Waals surface area contributed by atoms with Crippen LogP contribution in [0.3, 0.4) is 0 Å². The first-order valence-electron chi connectivity index (χ1n) is 13.1. The molecule has 1 aliphatic heterocycles. The molecule has 6 rings (SSSR count). The second-order valence-electron chi connectivity index (χ2n) is 10.0. The van der Waals surface area contributed by atoms with Crippen molar-refractivity contribution < 1.29 is 9.15 Å². The fraction of sp³-hybridized carbons (Fsp3) is 0.310. The van der Waals surface area contributed by atoms with Gasteiger partial charge in [-0.05, 0) is 83.6 Å². The zero-order chi connectivity index (χ0) is 26.8. The fourth-order valence-electron chi connectivity index (χ4n) is 5.23. The van der Waals surface area contributed by atoms with E-state index in [9.17, 15) is 4.79 Å². The van der Waals surface area contributed by atoms with Gasteiger partial charge in [0.1, 0.15) is 11.8 Å². The van der Waals surface area contributed by atoms with Crippen LogP contribution in [0, 0.1) is 6.92 Å². The van der Waals surface area contributed by atoms with Crippen molar-refractivity contribution in [3.05, 3.63) is 111 Å². The number of aromatic nitrogens is 5. The van der Waals surface area contributed by atoms with E-state index in [0.717, 1.165) is 47.2 Å². The summed E-state index contributed by atoms with van der Waals surface area (Å²) >= 11 is 6.18. The van der Waals surface area contributed by atoms with Crippen molar-refractivity contribution in [3.8, 4) is 0 Å². The maximum atomic E-state index is 13.7. The Hall–Kier alpha value is -3.79. The van der Waals surface area contributed by atoms with Crippen LogP contribution in [-0.4, -0.2) is 42.8 Å². The number of halogens is 1. The summed E-state index contributed by atoms with van der Waals surface area (Å²) in [6.45, 7) is 4.21. The SMILES string of the molecule is Cc1ccc2[nH]c(=O)c([C@H](c3nnnn3C[C@H]3CCCO3)N(Cc3ccc(Cl)cc3)Cc3ccco3)cc2c1. The summed E-state index contributed by atoms with van der Waals surface area (Å²) in [5.74, 6) is 1.34. The number of pyridine rings is 1. The molecule has 1 N–H and O–H groups in total. The molecule has 2 atom stereocenters. The molecule has 5 aromatic rings. The number of hydrogen-bond donors (Lipinski definition) is 1. The Morgan fingerprint density at radius 1 is 1.15 bits per heavy atom. The number of benzene rings is 2. The maximum Gasteiger partial charge on any atom is 0.253 e. The van der Waals surface area contributed by atoms with Gasteiger partial charge in [0, 0.05) is 29.3 Å². The second-order valence-corrected chi connectivity index (χ2v) is 10.4. The highest BCUT2D eigenvalue weighted by atomic mass is 35.5. The van der Waals surface area contributed by atoms with Gasteiger partial charge in [0.05, 0.1) is 25.5 Å². The number of aryl methyl sites for hydroxylation is 1. The maximum absolute atomic E-state index is 13.7. The number of ether oxygens (including phenoxy) is 1. The lowest BCUT2D eigenvalue weighted by molar-refractivity contribution is 0.0901. The number of nitrogens with one attached hydrogen (secondary N) is 1. The molecule has 0 amide bonds. The quantitative estimate of drug-likeness (QED) is 0.277. The Kier molecular flexibility index (Phi) is 7.28. The molecular weight excluding hydrogens is 516 g/mol. The smallest absolute Gasteiger partial charge is 0.253 e. The van der Waals surface area contributed by atoms with Gasteiger partial charge in [-0.15, -0.1) is 5.10 Å². The lowest BCUT2D eigenvalue weighted by atomic mass is 10.0. The molecule has 2 aromatic carbocycles. The molecule has 9 nitrogen and oxygen atoms in total. The van der Waals surface area contributed by atoms with E-state index in [1.807, 2.05) is 61.5 Å². The molecule has 4 heterocycles. The molecule has 10 heteroatoms. The van der Waals surface area contributed by atoms with Crippen molar-refractivity contribution in [2.24, 2.45) is 0 Å². The molecule has 0 bridgehead atoms. The van der Waals surface area contributed by atoms with E-state index in [1.165, 1.54) is 0 Å². The van der Waals surface area contributed by atoms with Crippen LogP contribution in [-0.2, 0) is 24.4 Å². The van der Waals surface area contributed by atoms with Gasteiger partial charge in [0.2, 0.25) is 0 Å². The molecule has 200 valence electrons. The molecular formula is C29H29ClN6O3. The summed E-state index contributed by atoms with van der Waals surface area (Å²) < 4.78 is 13.4. The van der Waals surface area contributed by atoms with Gasteiger partial charge in [-0.1, -0.05) is 35.4 Å². The van der Waals surface area contributed by atoms with Gasteiger partial charge < -0.3 is 14.1 Å². The van der Waals surface area contributed by atoms with Crippen molar-refractivity contribution in [2.75, 3.05) is 6.61 Å². The van der Waals surface area contributed by atoms with E-state index >= 15 is 0 Å². The highest BCUT2D eigenvalue weighted by molar-refractivity contribution is 6.30. The molecule has 0 spiro atoms. The number of tetrazole rings is 1. The zero-order valence-electron chi connectivity index (χ0n) is 21.6. The van der Waals surface area contributed by atoms with Gasteiger partial charge in [0.25, 0.3) is 5.56 Å². The molecule has 0 unspecified atom stereocenters. The second kappa shape index (κ2) is 11.1. The lowest BCUT2D eigenvalue weighted by Crippen LogP contribution is -2.35. The minimum Gasteiger partial charge on any atom is -0.468 e. The summed E-state index contributed by atoms with van der Waals surface area (Å²) in [6, 6.07) is 18.8. The average Bonchev–Trinajstić information content (AvgIpc) is 3.71. The number of rotatable bonds is 9. The monoisotopic (exact) mass is 544 g/mol. The number of fused-ring (bicyclic) bond motifs is 1. The number of H-pyrrole nitrogens is 1. The van der Waals surface area contributed by atoms with E-state index in [1.54, 1.807) is 10.9 Å². The summed E-state index contributed by atoms with van der Waals surface area (Å²) in [5.41, 5.74) is 3.28. The van der Waals surface area contributed by atoms with E-state index in [4.69, 9.17) is 20.8 Å². The van der Waals surface area contributed by atoms with E-state index in [0.29, 0.717) is 36.0 Å². The number of furan rings is 1. The summed E-state index contributed by atoms with van der Waals surface area (Å²) in [6.07, 6.45) is 3.63. The number of nitrogens with zero attached hydrogens (tertiary/aromatic N) is 5. The molecule has 1 aliphatic rings. The van der Waals surface area contributed by atoms with Crippen molar-refractivity contribution in [3.63, 3.8) is 0 Å². The first-order valence-corrected chi connectivity index (χ1v) is 13.4. The van der Waals surface area contributed by atoms with Crippen LogP contribution in [0.5, 0.6) is 0 Å². The Morgan fingerprint density at radius 3 is 2.79 bits per heavy atom. The fourth-order valence-corrected chi connectivity index (χ4v) is 5.36. The van der Waals surface area contributed by atoms with Crippen LogP contribution in [0.25, 0.3) is 10.9 Å². The van der Waals surface area contributed by atoms with Crippen LogP contribution in [0.1, 0.15) is 47.2 Å². The summed E-state index contributed by atoms with van der Waals surface area (Å²) in [5, 5.41) is 14.5. The summed E-state index contributed by atoms with van der Waals surface area (Å²) in [7, 11) is 0. The predicted molar refractivity (Wildman–Crippen MR) is 147 cm³/mol. The Morgan fingerprint density at radius 2 is 2.03 bits per heavy atom. The van der Waals surface area contributed by atoms with Crippen LogP contribution in [0.4, 0.5) is 0 Å². The molecule has 39 heavy (non-hydrogen) atoms. The van der Waals surface area contributed by atoms with Crippen molar-refractivity contribution >= 4 is 22.5 Å². The van der Waals surface area contributed by atoms with Crippen LogP contribution >= 0.6 is 11.6 Å². The molecule has 0 saturated carbocycles.